The first-order chi connectivity index (χ1) is 11.6. The summed E-state index contributed by atoms with van der Waals surface area (Å²) in [6, 6.07) is 1.82. The van der Waals surface area contributed by atoms with Crippen molar-refractivity contribution in [1.29, 1.82) is 0 Å². The third-order valence-corrected chi connectivity index (χ3v) is 3.39. The number of hydrogen-bond acceptors (Lipinski definition) is 2. The van der Waals surface area contributed by atoms with E-state index in [1.165, 1.54) is 0 Å². The Bertz CT molecular complexity index is 797. The van der Waals surface area contributed by atoms with Gasteiger partial charge in [0.2, 0.25) is 0 Å². The lowest BCUT2D eigenvalue weighted by atomic mass is 9.89. The number of anilines is 2. The third kappa shape index (κ3) is 3.81. The van der Waals surface area contributed by atoms with E-state index < -0.39 is 57.7 Å². The van der Waals surface area contributed by atoms with Crippen LogP contribution in [0.1, 0.15) is 16.7 Å². The number of nitrogen functional groups attached to an aromatic ring is 2. The summed E-state index contributed by atoms with van der Waals surface area (Å²) in [6.45, 7) is 0. The standard InChI is InChI=1S/C15H9F9N2/c16-13(17,18)9-3-6(25)1-2-8(9)12-10(14(19,20)21)4-7(26)5-11(12)15(22,23)24/h1-5H,25-26H2. The van der Waals surface area contributed by atoms with Crippen LogP contribution in [-0.4, -0.2) is 0 Å². The minimum absolute atomic E-state index is 0.154. The van der Waals surface area contributed by atoms with E-state index in [1.54, 1.807) is 0 Å². The SMILES string of the molecule is Nc1ccc(-c2c(C(F)(F)F)cc(N)cc2C(F)(F)F)c(C(F)(F)F)c1. The van der Waals surface area contributed by atoms with Crippen LogP contribution in [0.2, 0.25) is 0 Å². The fourth-order valence-corrected chi connectivity index (χ4v) is 2.42. The van der Waals surface area contributed by atoms with Crippen molar-refractivity contribution in [2.45, 2.75) is 18.5 Å². The van der Waals surface area contributed by atoms with Gasteiger partial charge in [0.15, 0.2) is 0 Å². The van der Waals surface area contributed by atoms with Crippen molar-refractivity contribution in [3.8, 4) is 11.1 Å². The quantitative estimate of drug-likeness (QED) is 0.495. The summed E-state index contributed by atoms with van der Waals surface area (Å²) in [5, 5.41) is 0. The van der Waals surface area contributed by atoms with Crippen molar-refractivity contribution in [3.63, 3.8) is 0 Å². The molecule has 26 heavy (non-hydrogen) atoms. The zero-order chi connectivity index (χ0) is 20.1. The van der Waals surface area contributed by atoms with E-state index in [2.05, 4.69) is 0 Å². The second kappa shape index (κ2) is 5.99. The maximum Gasteiger partial charge on any atom is 0.417 e. The molecule has 0 radical (unpaired) electrons. The van der Waals surface area contributed by atoms with Crippen molar-refractivity contribution < 1.29 is 39.5 Å². The van der Waals surface area contributed by atoms with Crippen molar-refractivity contribution in [3.05, 3.63) is 47.0 Å². The summed E-state index contributed by atoms with van der Waals surface area (Å²) < 4.78 is 119. The first-order valence-corrected chi connectivity index (χ1v) is 6.67. The lowest BCUT2D eigenvalue weighted by Gasteiger charge is -2.22. The summed E-state index contributed by atoms with van der Waals surface area (Å²) >= 11 is 0. The van der Waals surface area contributed by atoms with Gasteiger partial charge in [0.25, 0.3) is 0 Å². The molecular weight excluding hydrogens is 379 g/mol. The molecule has 0 amide bonds. The third-order valence-electron chi connectivity index (χ3n) is 3.39. The van der Waals surface area contributed by atoms with Gasteiger partial charge in [-0.15, -0.1) is 0 Å². The Balaban J connectivity index is 3.03. The number of rotatable bonds is 1. The van der Waals surface area contributed by atoms with E-state index in [9.17, 15) is 39.5 Å². The molecule has 142 valence electrons. The Morgan fingerprint density at radius 2 is 0.923 bits per heavy atom. The summed E-state index contributed by atoms with van der Waals surface area (Å²) in [5.74, 6) is 0. The Labute approximate surface area is 140 Å². The second-order valence-corrected chi connectivity index (χ2v) is 5.29. The molecule has 0 fully saturated rings. The molecule has 0 aromatic heterocycles. The average Bonchev–Trinajstić information content (AvgIpc) is 2.44. The maximum atomic E-state index is 13.3. The highest BCUT2D eigenvalue weighted by Crippen LogP contribution is 2.49. The van der Waals surface area contributed by atoms with E-state index >= 15 is 0 Å². The highest BCUT2D eigenvalue weighted by atomic mass is 19.4. The summed E-state index contributed by atoms with van der Waals surface area (Å²) in [6.07, 6.45) is -16.0. The lowest BCUT2D eigenvalue weighted by Crippen LogP contribution is -2.17. The largest absolute Gasteiger partial charge is 0.417 e. The lowest BCUT2D eigenvalue weighted by molar-refractivity contribution is -0.143. The van der Waals surface area contributed by atoms with Crippen molar-refractivity contribution in [2.75, 3.05) is 11.5 Å². The summed E-state index contributed by atoms with van der Waals surface area (Å²) in [7, 11) is 0. The topological polar surface area (TPSA) is 52.0 Å². The number of nitrogens with two attached hydrogens (primary N) is 2. The molecule has 4 N–H and O–H groups in total. The number of hydrogen-bond donors (Lipinski definition) is 2. The first-order valence-electron chi connectivity index (χ1n) is 6.67. The Kier molecular flexibility index (Phi) is 4.55. The fraction of sp³-hybridized carbons (Fsp3) is 0.200. The highest BCUT2D eigenvalue weighted by molar-refractivity contribution is 5.79. The van der Waals surface area contributed by atoms with Gasteiger partial charge in [-0.1, -0.05) is 6.07 Å². The molecule has 0 heterocycles. The van der Waals surface area contributed by atoms with Crippen molar-refractivity contribution in [1.82, 2.24) is 0 Å². The highest BCUT2D eigenvalue weighted by Gasteiger charge is 2.44. The smallest absolute Gasteiger partial charge is 0.399 e. The van der Waals surface area contributed by atoms with E-state index in [-0.39, 0.29) is 18.2 Å². The van der Waals surface area contributed by atoms with Crippen LogP contribution in [0.4, 0.5) is 50.9 Å². The maximum absolute atomic E-state index is 13.3. The first kappa shape index (κ1) is 19.7. The van der Waals surface area contributed by atoms with Gasteiger partial charge in [0, 0.05) is 16.9 Å². The van der Waals surface area contributed by atoms with E-state index in [4.69, 9.17) is 11.5 Å². The zero-order valence-electron chi connectivity index (χ0n) is 12.4. The minimum Gasteiger partial charge on any atom is -0.399 e. The molecule has 2 aromatic carbocycles. The molecule has 11 heteroatoms. The molecule has 0 saturated heterocycles. The van der Waals surface area contributed by atoms with Gasteiger partial charge in [-0.3, -0.25) is 0 Å². The second-order valence-electron chi connectivity index (χ2n) is 5.29. The van der Waals surface area contributed by atoms with Crippen LogP contribution in [0, 0.1) is 0 Å². The molecule has 0 spiro atoms. The molecular formula is C15H9F9N2. The Morgan fingerprint density at radius 3 is 1.31 bits per heavy atom. The molecule has 2 nitrogen and oxygen atoms in total. The number of halogens is 9. The molecule has 0 atom stereocenters. The molecule has 0 aliphatic rings. The van der Waals surface area contributed by atoms with E-state index in [0.29, 0.717) is 6.07 Å². The van der Waals surface area contributed by atoms with Gasteiger partial charge < -0.3 is 11.5 Å². The van der Waals surface area contributed by atoms with Crippen LogP contribution in [0.3, 0.4) is 0 Å². The molecule has 0 saturated carbocycles. The van der Waals surface area contributed by atoms with Crippen molar-refractivity contribution >= 4 is 11.4 Å². The monoisotopic (exact) mass is 388 g/mol. The fourth-order valence-electron chi connectivity index (χ4n) is 2.42. The van der Waals surface area contributed by atoms with Crippen molar-refractivity contribution in [2.24, 2.45) is 0 Å². The normalized spacial score (nSPS) is 13.1. The minimum atomic E-state index is -5.38. The Morgan fingerprint density at radius 1 is 0.538 bits per heavy atom. The van der Waals surface area contributed by atoms with Crippen LogP contribution < -0.4 is 11.5 Å². The van der Waals surface area contributed by atoms with E-state index in [0.717, 1.165) is 6.07 Å². The predicted octanol–water partition coefficient (Wildman–Crippen LogP) is 5.57. The predicted molar refractivity (Wildman–Crippen MR) is 75.7 cm³/mol. The molecule has 0 aliphatic carbocycles. The van der Waals surface area contributed by atoms with E-state index in [1.807, 2.05) is 0 Å². The molecule has 0 aliphatic heterocycles. The molecule has 0 bridgehead atoms. The van der Waals surface area contributed by atoms with Gasteiger partial charge in [0.05, 0.1) is 16.7 Å². The van der Waals surface area contributed by atoms with Crippen LogP contribution in [0.15, 0.2) is 30.3 Å². The van der Waals surface area contributed by atoms with Crippen LogP contribution in [-0.2, 0) is 18.5 Å². The molecule has 0 unspecified atom stereocenters. The molecule has 2 rings (SSSR count). The van der Waals surface area contributed by atoms with Gasteiger partial charge in [-0.25, -0.2) is 0 Å². The average molecular weight is 388 g/mol. The zero-order valence-corrected chi connectivity index (χ0v) is 12.4. The van der Waals surface area contributed by atoms with Gasteiger partial charge in [-0.05, 0) is 29.8 Å². The Hall–Kier alpha value is -2.59. The van der Waals surface area contributed by atoms with Crippen LogP contribution in [0.25, 0.3) is 11.1 Å². The summed E-state index contributed by atoms with van der Waals surface area (Å²) in [5.41, 5.74) is 0.405. The van der Waals surface area contributed by atoms with Crippen LogP contribution in [0.5, 0.6) is 0 Å². The van der Waals surface area contributed by atoms with Gasteiger partial charge in [-0.2, -0.15) is 39.5 Å². The number of benzene rings is 2. The molecule has 2 aromatic rings. The number of alkyl halides is 9. The van der Waals surface area contributed by atoms with Crippen LogP contribution >= 0.6 is 0 Å². The van der Waals surface area contributed by atoms with Gasteiger partial charge in [0.1, 0.15) is 0 Å². The summed E-state index contributed by atoms with van der Waals surface area (Å²) in [4.78, 5) is 0. The van der Waals surface area contributed by atoms with Gasteiger partial charge >= 0.3 is 18.5 Å².